The summed E-state index contributed by atoms with van der Waals surface area (Å²) in [5, 5.41) is 3.21. The van der Waals surface area contributed by atoms with Crippen molar-refractivity contribution in [3.05, 3.63) is 12.2 Å². The molecule has 0 aromatic carbocycles. The third-order valence-corrected chi connectivity index (χ3v) is 4.19. The maximum atomic E-state index is 3.21. The third kappa shape index (κ3) is 19.7. The lowest BCUT2D eigenvalue weighted by atomic mass is 10.1. The van der Waals surface area contributed by atoms with Gasteiger partial charge in [0.25, 0.3) is 0 Å². The van der Waals surface area contributed by atoms with Gasteiger partial charge in [0.2, 0.25) is 0 Å². The molecule has 0 rings (SSSR count). The van der Waals surface area contributed by atoms with Crippen LogP contribution in [0.2, 0.25) is 0 Å². The van der Waals surface area contributed by atoms with Crippen molar-refractivity contribution >= 4 is 0 Å². The molecule has 0 unspecified atom stereocenters. The number of allylic oxidation sites excluding steroid dienone is 2. The molecule has 0 heterocycles. The minimum atomic E-state index is 1.18. The van der Waals surface area contributed by atoms with Crippen LogP contribution in [0.5, 0.6) is 0 Å². The summed E-state index contributed by atoms with van der Waals surface area (Å²) in [6.45, 7) is 3.47. The Bertz CT molecular complexity index is 198. The van der Waals surface area contributed by atoms with Crippen molar-refractivity contribution in [2.24, 2.45) is 0 Å². The molecule has 0 amide bonds. The van der Waals surface area contributed by atoms with Gasteiger partial charge in [0.1, 0.15) is 0 Å². The fraction of sp³-hybridized carbons (Fsp3) is 0.900. The summed E-state index contributed by atoms with van der Waals surface area (Å²) in [7, 11) is 2.04. The lowest BCUT2D eigenvalue weighted by Crippen LogP contribution is -2.06. The number of unbranched alkanes of at least 4 members (excludes halogenated alkanes) is 13. The molecule has 0 aliphatic heterocycles. The van der Waals surface area contributed by atoms with Crippen molar-refractivity contribution in [3.63, 3.8) is 0 Å². The molecule has 21 heavy (non-hydrogen) atoms. The van der Waals surface area contributed by atoms with Crippen molar-refractivity contribution in [2.45, 2.75) is 103 Å². The summed E-state index contributed by atoms with van der Waals surface area (Å²) >= 11 is 0. The maximum absolute atomic E-state index is 3.21. The fourth-order valence-corrected chi connectivity index (χ4v) is 2.73. The summed E-state index contributed by atoms with van der Waals surface area (Å²) in [6, 6.07) is 0. The highest BCUT2D eigenvalue weighted by Gasteiger charge is 1.91. The molecule has 1 nitrogen and oxygen atoms in total. The van der Waals surface area contributed by atoms with Crippen molar-refractivity contribution in [2.75, 3.05) is 13.6 Å². The molecule has 0 aliphatic rings. The average molecular weight is 296 g/mol. The molecular formula is C20H41N. The molecule has 0 aliphatic carbocycles. The molecule has 1 N–H and O–H groups in total. The van der Waals surface area contributed by atoms with Crippen molar-refractivity contribution in [3.8, 4) is 0 Å². The largest absolute Gasteiger partial charge is 0.320 e. The minimum Gasteiger partial charge on any atom is -0.320 e. The standard InChI is InChI=1S/C20H41N/c1-3-4-5-6-7-8-9-10-11-12-13-14-15-16-17-18-19-20-21-2/h10-11,21H,3-9,12-20H2,1-2H3. The normalized spacial score (nSPS) is 11.5. The molecule has 0 radical (unpaired) electrons. The second kappa shape index (κ2) is 19.7. The first kappa shape index (κ1) is 20.7. The Morgan fingerprint density at radius 2 is 1.00 bits per heavy atom. The Morgan fingerprint density at radius 3 is 1.48 bits per heavy atom. The Kier molecular flexibility index (Phi) is 19.4. The van der Waals surface area contributed by atoms with Crippen LogP contribution < -0.4 is 5.32 Å². The van der Waals surface area contributed by atoms with Gasteiger partial charge in [-0.3, -0.25) is 0 Å². The quantitative estimate of drug-likeness (QED) is 0.234. The first-order valence-corrected chi connectivity index (χ1v) is 9.71. The predicted octanol–water partition coefficient (Wildman–Crippen LogP) is 6.63. The molecule has 0 aromatic rings. The van der Waals surface area contributed by atoms with Crippen LogP contribution >= 0.6 is 0 Å². The van der Waals surface area contributed by atoms with Gasteiger partial charge in [0.15, 0.2) is 0 Å². The Hall–Kier alpha value is -0.300. The fourth-order valence-electron chi connectivity index (χ4n) is 2.73. The molecule has 0 aromatic heterocycles. The molecule has 0 bridgehead atoms. The Morgan fingerprint density at radius 1 is 0.571 bits per heavy atom. The van der Waals surface area contributed by atoms with Gasteiger partial charge in [-0.25, -0.2) is 0 Å². The molecular weight excluding hydrogens is 254 g/mol. The van der Waals surface area contributed by atoms with E-state index in [4.69, 9.17) is 0 Å². The number of nitrogens with one attached hydrogen (secondary N) is 1. The molecule has 0 fully saturated rings. The van der Waals surface area contributed by atoms with E-state index in [-0.39, 0.29) is 0 Å². The van der Waals surface area contributed by atoms with E-state index in [1.54, 1.807) is 0 Å². The monoisotopic (exact) mass is 295 g/mol. The van der Waals surface area contributed by atoms with E-state index < -0.39 is 0 Å². The molecule has 0 spiro atoms. The minimum absolute atomic E-state index is 1.18. The van der Waals surface area contributed by atoms with Crippen LogP contribution in [0.4, 0.5) is 0 Å². The number of hydrogen-bond acceptors (Lipinski definition) is 1. The topological polar surface area (TPSA) is 12.0 Å². The van der Waals surface area contributed by atoms with Crippen molar-refractivity contribution < 1.29 is 0 Å². The average Bonchev–Trinajstić information content (AvgIpc) is 2.50. The number of hydrogen-bond donors (Lipinski definition) is 1. The smallest absolute Gasteiger partial charge is 0.00519 e. The first-order valence-electron chi connectivity index (χ1n) is 9.71. The van der Waals surface area contributed by atoms with Gasteiger partial charge in [0, 0.05) is 0 Å². The van der Waals surface area contributed by atoms with E-state index in [0.717, 1.165) is 0 Å². The maximum Gasteiger partial charge on any atom is -0.00519 e. The van der Waals surface area contributed by atoms with Gasteiger partial charge in [-0.05, 0) is 45.7 Å². The lowest BCUT2D eigenvalue weighted by molar-refractivity contribution is 0.571. The van der Waals surface area contributed by atoms with Gasteiger partial charge in [-0.15, -0.1) is 0 Å². The molecule has 0 atom stereocenters. The van der Waals surface area contributed by atoms with Gasteiger partial charge in [-0.2, -0.15) is 0 Å². The highest BCUT2D eigenvalue weighted by atomic mass is 14.8. The summed E-state index contributed by atoms with van der Waals surface area (Å²) in [6.07, 6.45) is 25.8. The van der Waals surface area contributed by atoms with Crippen LogP contribution in [0, 0.1) is 0 Å². The van der Waals surface area contributed by atoms with Gasteiger partial charge >= 0.3 is 0 Å². The lowest BCUT2D eigenvalue weighted by Gasteiger charge is -2.01. The number of rotatable bonds is 17. The van der Waals surface area contributed by atoms with Gasteiger partial charge in [-0.1, -0.05) is 83.3 Å². The van der Waals surface area contributed by atoms with Gasteiger partial charge in [0.05, 0.1) is 0 Å². The van der Waals surface area contributed by atoms with E-state index in [1.807, 2.05) is 7.05 Å². The Balaban J connectivity index is 3.02. The van der Waals surface area contributed by atoms with Crippen LogP contribution in [-0.4, -0.2) is 13.6 Å². The van der Waals surface area contributed by atoms with Crippen molar-refractivity contribution in [1.82, 2.24) is 5.32 Å². The molecule has 0 saturated carbocycles. The summed E-state index contributed by atoms with van der Waals surface area (Å²) in [5.41, 5.74) is 0. The first-order chi connectivity index (χ1) is 10.4. The second-order valence-corrected chi connectivity index (χ2v) is 6.39. The third-order valence-electron chi connectivity index (χ3n) is 4.19. The van der Waals surface area contributed by atoms with E-state index in [2.05, 4.69) is 24.4 Å². The van der Waals surface area contributed by atoms with E-state index in [9.17, 15) is 0 Å². The highest BCUT2D eigenvalue weighted by molar-refractivity contribution is 4.81. The van der Waals surface area contributed by atoms with Crippen LogP contribution in [0.15, 0.2) is 12.2 Å². The van der Waals surface area contributed by atoms with E-state index >= 15 is 0 Å². The second-order valence-electron chi connectivity index (χ2n) is 6.39. The van der Waals surface area contributed by atoms with Crippen LogP contribution in [0.1, 0.15) is 103 Å². The molecule has 126 valence electrons. The summed E-state index contributed by atoms with van der Waals surface area (Å²) < 4.78 is 0. The summed E-state index contributed by atoms with van der Waals surface area (Å²) in [4.78, 5) is 0. The van der Waals surface area contributed by atoms with Crippen LogP contribution in [-0.2, 0) is 0 Å². The molecule has 1 heteroatoms. The zero-order valence-electron chi connectivity index (χ0n) is 15.0. The zero-order chi connectivity index (χ0) is 15.4. The SMILES string of the molecule is CCCCCCCCC=CCCCCCCCCCNC. The van der Waals surface area contributed by atoms with Crippen LogP contribution in [0.25, 0.3) is 0 Å². The van der Waals surface area contributed by atoms with Crippen molar-refractivity contribution in [1.29, 1.82) is 0 Å². The molecule has 0 saturated heterocycles. The van der Waals surface area contributed by atoms with Crippen LogP contribution in [0.3, 0.4) is 0 Å². The predicted molar refractivity (Wildman–Crippen MR) is 98.0 cm³/mol. The van der Waals surface area contributed by atoms with Gasteiger partial charge < -0.3 is 5.32 Å². The Labute approximate surface area is 135 Å². The highest BCUT2D eigenvalue weighted by Crippen LogP contribution is 2.10. The zero-order valence-corrected chi connectivity index (χ0v) is 15.0. The van der Waals surface area contributed by atoms with E-state index in [1.165, 1.54) is 103 Å². The summed E-state index contributed by atoms with van der Waals surface area (Å²) in [5.74, 6) is 0. The van der Waals surface area contributed by atoms with E-state index in [0.29, 0.717) is 0 Å².